The molecule has 2 aromatic carbocycles. The largest absolute Gasteiger partial charge is 0.493 e. The highest BCUT2D eigenvalue weighted by Gasteiger charge is 2.21. The number of fused-ring (bicyclic) bond motifs is 1. The molecular formula is C18H18FN3O2. The summed E-state index contributed by atoms with van der Waals surface area (Å²) in [7, 11) is 1.71. The van der Waals surface area contributed by atoms with Gasteiger partial charge < -0.3 is 10.1 Å². The van der Waals surface area contributed by atoms with Crippen molar-refractivity contribution in [2.75, 3.05) is 19.0 Å². The highest BCUT2D eigenvalue weighted by Crippen LogP contribution is 2.24. The molecule has 0 unspecified atom stereocenters. The minimum absolute atomic E-state index is 0.217. The second-order valence-corrected chi connectivity index (χ2v) is 5.54. The van der Waals surface area contributed by atoms with E-state index in [1.54, 1.807) is 20.0 Å². The Hall–Kier alpha value is -2.89. The minimum atomic E-state index is -0.429. The van der Waals surface area contributed by atoms with Gasteiger partial charge in [-0.1, -0.05) is 25.1 Å². The molecule has 0 amide bonds. The molecule has 0 radical (unpaired) electrons. The summed E-state index contributed by atoms with van der Waals surface area (Å²) in [5, 5.41) is 7.88. The van der Waals surface area contributed by atoms with E-state index in [9.17, 15) is 9.18 Å². The van der Waals surface area contributed by atoms with Gasteiger partial charge in [0.05, 0.1) is 18.0 Å². The number of hydrogen-bond donors (Lipinski definition) is 1. The van der Waals surface area contributed by atoms with Gasteiger partial charge in [-0.05, 0) is 24.3 Å². The van der Waals surface area contributed by atoms with Crippen LogP contribution in [0.25, 0.3) is 10.9 Å². The van der Waals surface area contributed by atoms with E-state index in [-0.39, 0.29) is 12.5 Å². The van der Waals surface area contributed by atoms with Gasteiger partial charge in [-0.25, -0.2) is 4.39 Å². The third kappa shape index (κ3) is 3.08. The third-order valence-corrected chi connectivity index (χ3v) is 3.75. The molecule has 0 bridgehead atoms. The third-order valence-electron chi connectivity index (χ3n) is 3.75. The van der Waals surface area contributed by atoms with Crippen molar-refractivity contribution in [1.82, 2.24) is 9.78 Å². The Morgan fingerprint density at radius 2 is 2.04 bits per heavy atom. The fourth-order valence-corrected chi connectivity index (χ4v) is 2.46. The normalized spacial score (nSPS) is 12.1. The molecule has 1 N–H and O–H groups in total. The lowest BCUT2D eigenvalue weighted by Gasteiger charge is -2.12. The van der Waals surface area contributed by atoms with E-state index in [0.29, 0.717) is 22.5 Å². The van der Waals surface area contributed by atoms with Crippen LogP contribution in [0.1, 0.15) is 11.7 Å². The van der Waals surface area contributed by atoms with Crippen molar-refractivity contribution in [2.24, 2.45) is 5.92 Å². The quantitative estimate of drug-likeness (QED) is 0.778. The number of aromatic nitrogens is 2. The summed E-state index contributed by atoms with van der Waals surface area (Å²) in [4.78, 5) is 12.7. The van der Waals surface area contributed by atoms with Gasteiger partial charge >= 0.3 is 0 Å². The number of anilines is 1. The predicted octanol–water partition coefficient (Wildman–Crippen LogP) is 3.57. The molecule has 1 aromatic heterocycles. The summed E-state index contributed by atoms with van der Waals surface area (Å²) in [5.74, 6) is 0.149. The summed E-state index contributed by atoms with van der Waals surface area (Å²) in [6.45, 7) is 1.98. The van der Waals surface area contributed by atoms with E-state index in [2.05, 4.69) is 10.4 Å². The number of nitrogens with one attached hydrogen (secondary N) is 1. The van der Waals surface area contributed by atoms with Gasteiger partial charge in [0.15, 0.2) is 5.82 Å². The first kappa shape index (κ1) is 16.0. The molecule has 0 saturated carbocycles. The van der Waals surface area contributed by atoms with E-state index in [1.165, 1.54) is 16.8 Å². The molecule has 1 heterocycles. The van der Waals surface area contributed by atoms with Gasteiger partial charge in [-0.2, -0.15) is 4.68 Å². The monoisotopic (exact) mass is 327 g/mol. The Morgan fingerprint density at radius 3 is 2.75 bits per heavy atom. The summed E-state index contributed by atoms with van der Waals surface area (Å²) >= 11 is 0. The molecule has 0 aliphatic heterocycles. The average Bonchev–Trinajstić information content (AvgIpc) is 2.97. The molecule has 0 aliphatic rings. The zero-order valence-electron chi connectivity index (χ0n) is 13.5. The zero-order valence-corrected chi connectivity index (χ0v) is 13.5. The van der Waals surface area contributed by atoms with E-state index >= 15 is 0 Å². The Kier molecular flexibility index (Phi) is 4.46. The zero-order chi connectivity index (χ0) is 17.1. The van der Waals surface area contributed by atoms with Crippen LogP contribution in [0.15, 0.2) is 48.5 Å². The minimum Gasteiger partial charge on any atom is -0.493 e. The van der Waals surface area contributed by atoms with Crippen LogP contribution >= 0.6 is 0 Å². The van der Waals surface area contributed by atoms with E-state index in [1.807, 2.05) is 30.3 Å². The van der Waals surface area contributed by atoms with Crippen molar-refractivity contribution in [3.8, 4) is 5.75 Å². The van der Waals surface area contributed by atoms with Gasteiger partial charge in [0.1, 0.15) is 11.6 Å². The molecule has 6 heteroatoms. The van der Waals surface area contributed by atoms with Crippen molar-refractivity contribution >= 4 is 22.6 Å². The van der Waals surface area contributed by atoms with Gasteiger partial charge in [-0.15, -0.1) is 5.10 Å². The topological polar surface area (TPSA) is 56.2 Å². The smallest absolute Gasteiger partial charge is 0.253 e. The molecule has 3 rings (SSSR count). The van der Waals surface area contributed by atoms with Crippen LogP contribution in [0.4, 0.5) is 10.2 Å². The SMILES string of the molecule is CNc1nn(C(=O)[C@@H](C)COc2ccccc2)c2cc(F)ccc12. The number of ether oxygens (including phenoxy) is 1. The van der Waals surface area contributed by atoms with Crippen molar-refractivity contribution in [3.05, 3.63) is 54.3 Å². The molecule has 1 atom stereocenters. The maximum atomic E-state index is 13.6. The molecule has 24 heavy (non-hydrogen) atoms. The van der Waals surface area contributed by atoms with Crippen molar-refractivity contribution in [3.63, 3.8) is 0 Å². The number of halogens is 1. The number of rotatable bonds is 5. The van der Waals surface area contributed by atoms with Crippen LogP contribution in [0, 0.1) is 11.7 Å². The molecule has 0 fully saturated rings. The number of carbonyl (C=O) groups is 1. The predicted molar refractivity (Wildman–Crippen MR) is 91.0 cm³/mol. The van der Waals surface area contributed by atoms with Crippen LogP contribution in [-0.4, -0.2) is 29.3 Å². The number of hydrogen-bond acceptors (Lipinski definition) is 4. The van der Waals surface area contributed by atoms with Crippen LogP contribution in [0.3, 0.4) is 0 Å². The van der Waals surface area contributed by atoms with Gasteiger partial charge in [0.2, 0.25) is 0 Å². The standard InChI is InChI=1S/C18H18FN3O2/c1-12(11-24-14-6-4-3-5-7-14)18(23)22-16-10-13(19)8-9-15(16)17(20-2)21-22/h3-10,12H,11H2,1-2H3,(H,20,21)/t12-/m0/s1. The van der Waals surface area contributed by atoms with Crippen molar-refractivity contribution in [2.45, 2.75) is 6.92 Å². The Balaban J connectivity index is 1.83. The molecule has 0 saturated heterocycles. The molecule has 3 aromatic rings. The van der Waals surface area contributed by atoms with Crippen molar-refractivity contribution in [1.29, 1.82) is 0 Å². The lowest BCUT2D eigenvalue weighted by Crippen LogP contribution is -2.25. The highest BCUT2D eigenvalue weighted by molar-refractivity contribution is 5.97. The highest BCUT2D eigenvalue weighted by atomic mass is 19.1. The number of benzene rings is 2. The van der Waals surface area contributed by atoms with E-state index < -0.39 is 11.7 Å². The lowest BCUT2D eigenvalue weighted by molar-refractivity contribution is 0.0792. The number of para-hydroxylation sites is 1. The van der Waals surface area contributed by atoms with Gasteiger partial charge in [0, 0.05) is 18.5 Å². The summed E-state index contributed by atoms with van der Waals surface area (Å²) in [6, 6.07) is 13.6. The van der Waals surface area contributed by atoms with Crippen molar-refractivity contribution < 1.29 is 13.9 Å². The Labute approximate surface area is 139 Å². The fraction of sp³-hybridized carbons (Fsp3) is 0.222. The van der Waals surface area contributed by atoms with Crippen LogP contribution in [-0.2, 0) is 0 Å². The van der Waals surface area contributed by atoms with Crippen LogP contribution in [0.5, 0.6) is 5.75 Å². The number of nitrogens with zero attached hydrogens (tertiary/aromatic N) is 2. The fourth-order valence-electron chi connectivity index (χ4n) is 2.46. The summed E-state index contributed by atoms with van der Waals surface area (Å²) < 4.78 is 20.4. The molecule has 124 valence electrons. The molecular weight excluding hydrogens is 309 g/mol. The maximum absolute atomic E-state index is 13.6. The van der Waals surface area contributed by atoms with Crippen LogP contribution < -0.4 is 10.1 Å². The van der Waals surface area contributed by atoms with Gasteiger partial charge in [-0.3, -0.25) is 4.79 Å². The average molecular weight is 327 g/mol. The Morgan fingerprint density at radius 1 is 1.29 bits per heavy atom. The first-order valence-corrected chi connectivity index (χ1v) is 7.68. The lowest BCUT2D eigenvalue weighted by atomic mass is 10.1. The Bertz CT molecular complexity index is 861. The molecule has 0 aliphatic carbocycles. The summed E-state index contributed by atoms with van der Waals surface area (Å²) in [6.07, 6.45) is 0. The first-order valence-electron chi connectivity index (χ1n) is 7.68. The van der Waals surface area contributed by atoms with E-state index in [0.717, 1.165) is 0 Å². The number of carbonyl (C=O) groups excluding carboxylic acids is 1. The van der Waals surface area contributed by atoms with E-state index in [4.69, 9.17) is 4.74 Å². The molecule has 5 nitrogen and oxygen atoms in total. The first-order chi connectivity index (χ1) is 11.6. The summed E-state index contributed by atoms with van der Waals surface area (Å²) in [5.41, 5.74) is 0.441. The second-order valence-electron chi connectivity index (χ2n) is 5.54. The molecule has 0 spiro atoms. The maximum Gasteiger partial charge on any atom is 0.253 e. The van der Waals surface area contributed by atoms with Crippen LogP contribution in [0.2, 0.25) is 0 Å². The van der Waals surface area contributed by atoms with Gasteiger partial charge in [0.25, 0.3) is 5.91 Å². The second kappa shape index (κ2) is 6.70.